The molecule has 0 bridgehead atoms. The zero-order chi connectivity index (χ0) is 14.7. The van der Waals surface area contributed by atoms with Gasteiger partial charge in [0.15, 0.2) is 11.0 Å². The van der Waals surface area contributed by atoms with Gasteiger partial charge in [-0.2, -0.15) is 4.98 Å². The lowest BCUT2D eigenvalue weighted by atomic mass is 10.2. The van der Waals surface area contributed by atoms with Gasteiger partial charge in [0, 0.05) is 22.9 Å². The van der Waals surface area contributed by atoms with E-state index in [-0.39, 0.29) is 0 Å². The molecule has 3 rings (SSSR count). The van der Waals surface area contributed by atoms with Crippen LogP contribution in [-0.2, 0) is 19.3 Å². The second-order valence-electron chi connectivity index (χ2n) is 4.69. The highest BCUT2D eigenvalue weighted by atomic mass is 32.1. The van der Waals surface area contributed by atoms with E-state index in [4.69, 9.17) is 10.3 Å². The maximum atomic E-state index is 5.60. The lowest BCUT2D eigenvalue weighted by Gasteiger charge is -1.93. The van der Waals surface area contributed by atoms with Crippen molar-refractivity contribution in [3.05, 3.63) is 38.9 Å². The normalized spacial score (nSPS) is 11.1. The number of rotatable bonds is 6. The number of hydrogen-bond donors (Lipinski definition) is 1. The number of thiazole rings is 2. The van der Waals surface area contributed by atoms with E-state index < -0.39 is 0 Å². The maximum Gasteiger partial charge on any atom is 0.226 e. The summed E-state index contributed by atoms with van der Waals surface area (Å²) in [6.45, 7) is 1.98. The minimum atomic E-state index is 0.615. The fraction of sp³-hybridized carbons (Fsp3) is 0.385. The van der Waals surface area contributed by atoms with E-state index in [1.165, 1.54) is 11.3 Å². The Morgan fingerprint density at radius 1 is 1.14 bits per heavy atom. The van der Waals surface area contributed by atoms with E-state index >= 15 is 0 Å². The van der Waals surface area contributed by atoms with Gasteiger partial charge in [-0.05, 0) is 19.8 Å². The second-order valence-corrected chi connectivity index (χ2v) is 6.53. The molecule has 3 heterocycles. The van der Waals surface area contributed by atoms with Gasteiger partial charge in [0.05, 0.1) is 12.1 Å². The van der Waals surface area contributed by atoms with Crippen molar-refractivity contribution < 1.29 is 4.52 Å². The van der Waals surface area contributed by atoms with E-state index in [0.717, 1.165) is 35.7 Å². The summed E-state index contributed by atoms with van der Waals surface area (Å²) < 4.78 is 5.26. The Hall–Kier alpha value is -1.80. The van der Waals surface area contributed by atoms with Crippen LogP contribution in [0.1, 0.15) is 34.5 Å². The van der Waals surface area contributed by atoms with Crippen molar-refractivity contribution in [2.24, 2.45) is 0 Å². The van der Waals surface area contributed by atoms with Crippen LogP contribution >= 0.6 is 22.7 Å². The average molecular weight is 321 g/mol. The van der Waals surface area contributed by atoms with Gasteiger partial charge in [0.2, 0.25) is 5.89 Å². The Balaban J connectivity index is 1.50. The Kier molecular flexibility index (Phi) is 4.26. The van der Waals surface area contributed by atoms with Gasteiger partial charge in [0.25, 0.3) is 0 Å². The number of anilines is 1. The van der Waals surface area contributed by atoms with Crippen LogP contribution in [0.3, 0.4) is 0 Å². The number of hydrogen-bond acceptors (Lipinski definition) is 8. The molecule has 0 aliphatic carbocycles. The number of nitrogens with two attached hydrogens (primary N) is 1. The van der Waals surface area contributed by atoms with Crippen LogP contribution in [0.2, 0.25) is 0 Å². The maximum absolute atomic E-state index is 5.60. The summed E-state index contributed by atoms with van der Waals surface area (Å²) in [6.07, 6.45) is 3.17. The quantitative estimate of drug-likeness (QED) is 0.750. The second kappa shape index (κ2) is 6.31. The number of nitrogens with zero attached hydrogens (tertiary/aromatic N) is 4. The molecule has 3 aromatic rings. The summed E-state index contributed by atoms with van der Waals surface area (Å²) in [5.41, 5.74) is 7.65. The number of nitrogen functional groups attached to an aromatic ring is 1. The fourth-order valence-electron chi connectivity index (χ4n) is 1.94. The first-order valence-corrected chi connectivity index (χ1v) is 8.37. The molecule has 2 N–H and O–H groups in total. The number of aromatic nitrogens is 4. The molecule has 0 saturated heterocycles. The lowest BCUT2D eigenvalue weighted by Crippen LogP contribution is -1.93. The van der Waals surface area contributed by atoms with Crippen LogP contribution in [0.4, 0.5) is 5.13 Å². The Morgan fingerprint density at radius 3 is 2.76 bits per heavy atom. The lowest BCUT2D eigenvalue weighted by molar-refractivity contribution is 0.371. The van der Waals surface area contributed by atoms with Crippen molar-refractivity contribution in [1.29, 1.82) is 0 Å². The van der Waals surface area contributed by atoms with E-state index in [1.54, 1.807) is 11.3 Å². The van der Waals surface area contributed by atoms with Gasteiger partial charge in [-0.3, -0.25) is 0 Å². The molecule has 0 aliphatic heterocycles. The third-order valence-electron chi connectivity index (χ3n) is 2.88. The van der Waals surface area contributed by atoms with Gasteiger partial charge in [0.1, 0.15) is 5.01 Å². The Morgan fingerprint density at radius 2 is 2.05 bits per heavy atom. The van der Waals surface area contributed by atoms with Crippen LogP contribution in [0.25, 0.3) is 0 Å². The predicted octanol–water partition coefficient (Wildman–Crippen LogP) is 2.64. The van der Waals surface area contributed by atoms with E-state index in [0.29, 0.717) is 23.3 Å². The van der Waals surface area contributed by atoms with Gasteiger partial charge in [-0.1, -0.05) is 5.16 Å². The molecule has 0 unspecified atom stereocenters. The van der Waals surface area contributed by atoms with Crippen molar-refractivity contribution >= 4 is 27.8 Å². The molecule has 8 heteroatoms. The van der Waals surface area contributed by atoms with Crippen molar-refractivity contribution in [2.45, 2.75) is 32.6 Å². The predicted molar refractivity (Wildman–Crippen MR) is 82.5 cm³/mol. The molecular formula is C13H15N5OS2. The molecular weight excluding hydrogens is 306 g/mol. The molecule has 0 spiro atoms. The standard InChI is InChI=1S/C13H15N5OS2/c1-8-6-20-12(15-8)5-10-17-11(19-18-10)4-2-3-9-7-21-13(14)16-9/h6-7H,2-5H2,1H3,(H2,14,16). The minimum Gasteiger partial charge on any atom is -0.375 e. The molecule has 0 fully saturated rings. The molecule has 21 heavy (non-hydrogen) atoms. The third kappa shape index (κ3) is 3.85. The molecule has 0 aromatic carbocycles. The van der Waals surface area contributed by atoms with Crippen molar-refractivity contribution in [1.82, 2.24) is 20.1 Å². The van der Waals surface area contributed by atoms with Crippen molar-refractivity contribution in [2.75, 3.05) is 5.73 Å². The number of aryl methyl sites for hydroxylation is 3. The highest BCUT2D eigenvalue weighted by Gasteiger charge is 2.09. The first-order valence-electron chi connectivity index (χ1n) is 6.61. The van der Waals surface area contributed by atoms with Gasteiger partial charge in [-0.15, -0.1) is 22.7 Å². The summed E-state index contributed by atoms with van der Waals surface area (Å²) in [4.78, 5) is 13.0. The smallest absolute Gasteiger partial charge is 0.226 e. The van der Waals surface area contributed by atoms with E-state index in [9.17, 15) is 0 Å². The zero-order valence-electron chi connectivity index (χ0n) is 11.6. The molecule has 0 amide bonds. The molecule has 110 valence electrons. The summed E-state index contributed by atoms with van der Waals surface area (Å²) in [6, 6.07) is 0. The van der Waals surface area contributed by atoms with Crippen molar-refractivity contribution in [3.63, 3.8) is 0 Å². The van der Waals surface area contributed by atoms with Crippen molar-refractivity contribution in [3.8, 4) is 0 Å². The average Bonchev–Trinajstić information content (AvgIpc) is 3.14. The van der Waals surface area contributed by atoms with Crippen LogP contribution in [0.5, 0.6) is 0 Å². The Bertz CT molecular complexity index is 718. The highest BCUT2D eigenvalue weighted by molar-refractivity contribution is 7.13. The molecule has 3 aromatic heterocycles. The SMILES string of the molecule is Cc1csc(Cc2noc(CCCc3csc(N)n3)n2)n1. The molecule has 0 atom stereocenters. The largest absolute Gasteiger partial charge is 0.375 e. The molecule has 0 saturated carbocycles. The van der Waals surface area contributed by atoms with Crippen LogP contribution in [0, 0.1) is 6.92 Å². The van der Waals surface area contributed by atoms with Gasteiger partial charge < -0.3 is 10.3 Å². The first-order chi connectivity index (χ1) is 10.2. The van der Waals surface area contributed by atoms with Gasteiger partial charge >= 0.3 is 0 Å². The monoisotopic (exact) mass is 321 g/mol. The third-order valence-corrected chi connectivity index (χ3v) is 4.57. The topological polar surface area (TPSA) is 90.7 Å². The van der Waals surface area contributed by atoms with E-state index in [2.05, 4.69) is 20.1 Å². The summed E-state index contributed by atoms with van der Waals surface area (Å²) in [5.74, 6) is 1.36. The van der Waals surface area contributed by atoms with Crippen LogP contribution < -0.4 is 5.73 Å². The van der Waals surface area contributed by atoms with Gasteiger partial charge in [-0.25, -0.2) is 9.97 Å². The van der Waals surface area contributed by atoms with Crippen LogP contribution in [0.15, 0.2) is 15.3 Å². The fourth-order valence-corrected chi connectivity index (χ4v) is 3.31. The Labute approximate surface area is 130 Å². The molecule has 6 nitrogen and oxygen atoms in total. The molecule has 0 aliphatic rings. The molecule has 0 radical (unpaired) electrons. The zero-order valence-corrected chi connectivity index (χ0v) is 13.2. The van der Waals surface area contributed by atoms with Crippen LogP contribution in [-0.4, -0.2) is 20.1 Å². The minimum absolute atomic E-state index is 0.615. The van der Waals surface area contributed by atoms with E-state index in [1.807, 2.05) is 17.7 Å². The summed E-state index contributed by atoms with van der Waals surface area (Å²) in [5, 5.41) is 9.63. The summed E-state index contributed by atoms with van der Waals surface area (Å²) in [7, 11) is 0. The summed E-state index contributed by atoms with van der Waals surface area (Å²) >= 11 is 3.09. The first kappa shape index (κ1) is 14.2. The highest BCUT2D eigenvalue weighted by Crippen LogP contribution is 2.15.